The van der Waals surface area contributed by atoms with Gasteiger partial charge in [0.05, 0.1) is 0 Å². The zero-order valence-electron chi connectivity index (χ0n) is 11.8. The van der Waals surface area contributed by atoms with Crippen LogP contribution in [0, 0.1) is 5.41 Å². The van der Waals surface area contributed by atoms with Crippen molar-refractivity contribution in [3.63, 3.8) is 0 Å². The topological polar surface area (TPSA) is 55.6 Å². The van der Waals surface area contributed by atoms with Gasteiger partial charge >= 0.3 is 6.09 Å². The third kappa shape index (κ3) is 2.80. The van der Waals surface area contributed by atoms with Crippen molar-refractivity contribution in [2.24, 2.45) is 11.1 Å². The van der Waals surface area contributed by atoms with Crippen molar-refractivity contribution in [1.82, 2.24) is 4.90 Å². The Morgan fingerprint density at radius 1 is 1.35 bits per heavy atom. The number of nitrogens with two attached hydrogens (primary N) is 1. The maximum absolute atomic E-state index is 12.1. The SMILES string of the molecule is N[C@H]1CC[C@]2(CCN(C(=O)OCc3ccccc3)C2)C1. The van der Waals surface area contributed by atoms with E-state index >= 15 is 0 Å². The fourth-order valence-corrected chi connectivity index (χ4v) is 3.52. The molecule has 0 aromatic heterocycles. The maximum atomic E-state index is 12.1. The van der Waals surface area contributed by atoms with Crippen LogP contribution in [-0.2, 0) is 11.3 Å². The summed E-state index contributed by atoms with van der Waals surface area (Å²) < 4.78 is 5.40. The number of carbonyl (C=O) groups excluding carboxylic acids is 1. The summed E-state index contributed by atoms with van der Waals surface area (Å²) in [5.41, 5.74) is 7.31. The van der Waals surface area contributed by atoms with Crippen LogP contribution in [0.4, 0.5) is 4.79 Å². The van der Waals surface area contributed by atoms with Gasteiger partial charge < -0.3 is 15.4 Å². The molecule has 1 heterocycles. The molecule has 108 valence electrons. The smallest absolute Gasteiger partial charge is 0.410 e. The van der Waals surface area contributed by atoms with Crippen molar-refractivity contribution in [3.05, 3.63) is 35.9 Å². The third-order valence-corrected chi connectivity index (χ3v) is 4.64. The number of hydrogen-bond acceptors (Lipinski definition) is 3. The summed E-state index contributed by atoms with van der Waals surface area (Å²) in [6.45, 7) is 1.97. The van der Waals surface area contributed by atoms with Crippen LogP contribution >= 0.6 is 0 Å². The largest absolute Gasteiger partial charge is 0.445 e. The van der Waals surface area contributed by atoms with Crippen LogP contribution < -0.4 is 5.73 Å². The highest BCUT2D eigenvalue weighted by atomic mass is 16.6. The molecule has 3 rings (SSSR count). The maximum Gasteiger partial charge on any atom is 0.410 e. The number of likely N-dealkylation sites (tertiary alicyclic amines) is 1. The fraction of sp³-hybridized carbons (Fsp3) is 0.562. The van der Waals surface area contributed by atoms with Crippen LogP contribution in [0.15, 0.2) is 30.3 Å². The minimum Gasteiger partial charge on any atom is -0.445 e. The van der Waals surface area contributed by atoms with E-state index in [0.29, 0.717) is 12.6 Å². The van der Waals surface area contributed by atoms with E-state index < -0.39 is 0 Å². The van der Waals surface area contributed by atoms with Crippen LogP contribution in [0.1, 0.15) is 31.2 Å². The minimum absolute atomic E-state index is 0.189. The molecule has 20 heavy (non-hydrogen) atoms. The minimum atomic E-state index is -0.189. The number of benzene rings is 1. The van der Waals surface area contributed by atoms with Crippen LogP contribution in [0.5, 0.6) is 0 Å². The Kier molecular flexibility index (Phi) is 3.66. The van der Waals surface area contributed by atoms with E-state index in [-0.39, 0.29) is 11.5 Å². The van der Waals surface area contributed by atoms with Crippen molar-refractivity contribution in [2.45, 2.75) is 38.3 Å². The van der Waals surface area contributed by atoms with Crippen molar-refractivity contribution in [3.8, 4) is 0 Å². The van der Waals surface area contributed by atoms with Gasteiger partial charge in [-0.2, -0.15) is 0 Å². The summed E-state index contributed by atoms with van der Waals surface area (Å²) in [5.74, 6) is 0. The van der Waals surface area contributed by atoms with E-state index in [9.17, 15) is 4.79 Å². The molecule has 1 saturated heterocycles. The molecule has 1 aliphatic carbocycles. The molecule has 1 aliphatic heterocycles. The Hall–Kier alpha value is -1.55. The average molecular weight is 274 g/mol. The number of nitrogens with zero attached hydrogens (tertiary/aromatic N) is 1. The third-order valence-electron chi connectivity index (χ3n) is 4.64. The van der Waals surface area contributed by atoms with Gasteiger partial charge in [0.25, 0.3) is 0 Å². The summed E-state index contributed by atoms with van der Waals surface area (Å²) in [6, 6.07) is 10.1. The quantitative estimate of drug-likeness (QED) is 0.901. The lowest BCUT2D eigenvalue weighted by Gasteiger charge is -2.23. The predicted molar refractivity (Wildman–Crippen MR) is 77.1 cm³/mol. The highest BCUT2D eigenvalue weighted by Gasteiger charge is 2.44. The van der Waals surface area contributed by atoms with Gasteiger partial charge in [-0.15, -0.1) is 0 Å². The first-order valence-electron chi connectivity index (χ1n) is 7.38. The Bertz CT molecular complexity index is 477. The molecule has 4 nitrogen and oxygen atoms in total. The number of hydrogen-bond donors (Lipinski definition) is 1. The molecule has 2 N–H and O–H groups in total. The zero-order chi connectivity index (χ0) is 14.0. The number of ether oxygens (including phenoxy) is 1. The molecule has 2 atom stereocenters. The zero-order valence-corrected chi connectivity index (χ0v) is 11.8. The second-order valence-corrected chi connectivity index (χ2v) is 6.21. The Balaban J connectivity index is 1.52. The van der Waals surface area contributed by atoms with E-state index in [2.05, 4.69) is 0 Å². The molecule has 0 radical (unpaired) electrons. The highest BCUT2D eigenvalue weighted by Crippen LogP contribution is 2.44. The normalized spacial score (nSPS) is 29.1. The van der Waals surface area contributed by atoms with Crippen LogP contribution in [0.3, 0.4) is 0 Å². The summed E-state index contributed by atoms with van der Waals surface area (Å²) in [4.78, 5) is 14.0. The van der Waals surface area contributed by atoms with E-state index in [1.54, 1.807) is 0 Å². The first-order chi connectivity index (χ1) is 9.67. The molecular formula is C16H22N2O2. The van der Waals surface area contributed by atoms with Gasteiger partial charge in [0.15, 0.2) is 0 Å². The summed E-state index contributed by atoms with van der Waals surface area (Å²) >= 11 is 0. The Morgan fingerprint density at radius 2 is 2.15 bits per heavy atom. The van der Waals surface area contributed by atoms with Crippen molar-refractivity contribution in [1.29, 1.82) is 0 Å². The standard InChI is InChI=1S/C16H22N2O2/c17-14-6-7-16(10-14)8-9-18(12-16)15(19)20-11-13-4-2-1-3-5-13/h1-5,14H,6-12,17H2/t14-,16-/m0/s1. The Labute approximate surface area is 119 Å². The molecule has 1 aromatic rings. The lowest BCUT2D eigenvalue weighted by molar-refractivity contribution is 0.0996. The van der Waals surface area contributed by atoms with Gasteiger partial charge in [0.1, 0.15) is 6.61 Å². The van der Waals surface area contributed by atoms with Crippen molar-refractivity contribution >= 4 is 6.09 Å². The molecule has 4 heteroatoms. The van der Waals surface area contributed by atoms with Gasteiger partial charge in [-0.25, -0.2) is 4.79 Å². The van der Waals surface area contributed by atoms with E-state index in [1.165, 1.54) is 0 Å². The molecule has 1 amide bonds. The van der Waals surface area contributed by atoms with Crippen LogP contribution in [0.2, 0.25) is 0 Å². The highest BCUT2D eigenvalue weighted by molar-refractivity contribution is 5.68. The molecule has 0 unspecified atom stereocenters. The second kappa shape index (κ2) is 5.44. The van der Waals surface area contributed by atoms with E-state index in [0.717, 1.165) is 44.3 Å². The lowest BCUT2D eigenvalue weighted by atomic mass is 9.85. The summed E-state index contributed by atoms with van der Waals surface area (Å²) in [5, 5.41) is 0. The number of carbonyl (C=O) groups is 1. The predicted octanol–water partition coefficient (Wildman–Crippen LogP) is 2.53. The van der Waals surface area contributed by atoms with Gasteiger partial charge in [-0.1, -0.05) is 30.3 Å². The van der Waals surface area contributed by atoms with Crippen molar-refractivity contribution in [2.75, 3.05) is 13.1 Å². The molecular weight excluding hydrogens is 252 g/mol. The number of rotatable bonds is 2. The first-order valence-corrected chi connectivity index (χ1v) is 7.38. The fourth-order valence-electron chi connectivity index (χ4n) is 3.52. The van der Waals surface area contributed by atoms with Gasteiger partial charge in [0, 0.05) is 19.1 Å². The molecule has 1 saturated carbocycles. The van der Waals surface area contributed by atoms with E-state index in [4.69, 9.17) is 10.5 Å². The van der Waals surface area contributed by atoms with Gasteiger partial charge in [0.2, 0.25) is 0 Å². The van der Waals surface area contributed by atoms with E-state index in [1.807, 2.05) is 35.2 Å². The van der Waals surface area contributed by atoms with Gasteiger partial charge in [-0.3, -0.25) is 0 Å². The number of amides is 1. The van der Waals surface area contributed by atoms with Crippen LogP contribution in [0.25, 0.3) is 0 Å². The second-order valence-electron chi connectivity index (χ2n) is 6.21. The first kappa shape index (κ1) is 13.4. The summed E-state index contributed by atoms with van der Waals surface area (Å²) in [6.07, 6.45) is 4.17. The molecule has 1 aromatic carbocycles. The lowest BCUT2D eigenvalue weighted by Crippen LogP contribution is -2.32. The average Bonchev–Trinajstić information content (AvgIpc) is 3.04. The van der Waals surface area contributed by atoms with Crippen LogP contribution in [-0.4, -0.2) is 30.1 Å². The molecule has 2 aliphatic rings. The van der Waals surface area contributed by atoms with Gasteiger partial charge in [-0.05, 0) is 36.7 Å². The molecule has 1 spiro atoms. The summed E-state index contributed by atoms with van der Waals surface area (Å²) in [7, 11) is 0. The molecule has 0 bridgehead atoms. The molecule has 2 fully saturated rings. The van der Waals surface area contributed by atoms with Crippen molar-refractivity contribution < 1.29 is 9.53 Å². The Morgan fingerprint density at radius 3 is 2.85 bits per heavy atom. The monoisotopic (exact) mass is 274 g/mol.